The molecule has 0 aliphatic carbocycles. The highest BCUT2D eigenvalue weighted by molar-refractivity contribution is 5.95. The summed E-state index contributed by atoms with van der Waals surface area (Å²) in [5.74, 6) is 5.68. The van der Waals surface area contributed by atoms with Crippen molar-refractivity contribution in [2.45, 2.75) is 20.3 Å². The fourth-order valence-electron chi connectivity index (χ4n) is 1.67. The normalized spacial score (nSPS) is 10.2. The van der Waals surface area contributed by atoms with Crippen LogP contribution in [-0.2, 0) is 6.42 Å². The topological polar surface area (TPSA) is 91.5 Å². The number of nitrogens with zero attached hydrogens (tertiary/aromatic N) is 2. The number of aryl methyl sites for hydroxylation is 1. The van der Waals surface area contributed by atoms with Crippen LogP contribution < -0.4 is 11.3 Å². The maximum Gasteiger partial charge on any atom is 0.254 e. The van der Waals surface area contributed by atoms with Gasteiger partial charge in [-0.15, -0.1) is 0 Å². The summed E-state index contributed by atoms with van der Waals surface area (Å²) >= 11 is 0. The van der Waals surface area contributed by atoms with Crippen molar-refractivity contribution in [1.82, 2.24) is 9.88 Å². The number of nitrogens with one attached hydrogen (secondary N) is 1. The zero-order chi connectivity index (χ0) is 13.5. The first-order chi connectivity index (χ1) is 8.65. The van der Waals surface area contributed by atoms with Gasteiger partial charge in [-0.05, 0) is 25.5 Å². The predicted molar refractivity (Wildman–Crippen MR) is 70.1 cm³/mol. The summed E-state index contributed by atoms with van der Waals surface area (Å²) in [5.41, 5.74) is 3.79. The van der Waals surface area contributed by atoms with Crippen LogP contribution in [0.15, 0.2) is 12.1 Å². The van der Waals surface area contributed by atoms with Gasteiger partial charge in [0.1, 0.15) is 5.82 Å². The molecule has 0 spiro atoms. The van der Waals surface area contributed by atoms with Crippen molar-refractivity contribution in [2.75, 3.05) is 25.1 Å². The molecule has 1 aromatic heterocycles. The van der Waals surface area contributed by atoms with Crippen molar-refractivity contribution < 1.29 is 9.90 Å². The fraction of sp³-hybridized carbons (Fsp3) is 0.500. The largest absolute Gasteiger partial charge is 0.395 e. The van der Waals surface area contributed by atoms with Crippen LogP contribution in [-0.4, -0.2) is 40.6 Å². The molecule has 6 heteroatoms. The maximum atomic E-state index is 12.2. The number of aliphatic hydroxyl groups excluding tert-OH is 1. The lowest BCUT2D eigenvalue weighted by molar-refractivity contribution is 0.0732. The number of pyridine rings is 1. The van der Waals surface area contributed by atoms with Crippen LogP contribution in [0.4, 0.5) is 5.82 Å². The lowest BCUT2D eigenvalue weighted by Crippen LogP contribution is -2.33. The molecule has 1 heterocycles. The Labute approximate surface area is 107 Å². The molecule has 6 nitrogen and oxygen atoms in total. The lowest BCUT2D eigenvalue weighted by atomic mass is 10.1. The molecule has 0 saturated heterocycles. The molecule has 0 bridgehead atoms. The van der Waals surface area contributed by atoms with Crippen LogP contribution in [0.3, 0.4) is 0 Å². The summed E-state index contributed by atoms with van der Waals surface area (Å²) in [4.78, 5) is 18.0. The predicted octanol–water partition coefficient (Wildman–Crippen LogP) is 0.384. The number of aliphatic hydroxyl groups is 1. The molecular weight excluding hydrogens is 232 g/mol. The smallest absolute Gasteiger partial charge is 0.254 e. The van der Waals surface area contributed by atoms with Crippen LogP contribution in [0.2, 0.25) is 0 Å². The molecule has 0 radical (unpaired) electrons. The van der Waals surface area contributed by atoms with Crippen molar-refractivity contribution >= 4 is 11.7 Å². The van der Waals surface area contributed by atoms with Crippen molar-refractivity contribution in [2.24, 2.45) is 5.84 Å². The van der Waals surface area contributed by atoms with E-state index in [0.717, 1.165) is 12.1 Å². The number of aromatic nitrogens is 1. The van der Waals surface area contributed by atoms with E-state index in [2.05, 4.69) is 10.4 Å². The minimum Gasteiger partial charge on any atom is -0.395 e. The molecular formula is C12H20N4O2. The first kappa shape index (κ1) is 14.4. The van der Waals surface area contributed by atoms with E-state index in [1.165, 1.54) is 0 Å². The summed E-state index contributed by atoms with van der Waals surface area (Å²) in [7, 11) is 0. The van der Waals surface area contributed by atoms with Crippen LogP contribution in [0, 0.1) is 0 Å². The number of hydrazine groups is 1. The molecule has 100 valence electrons. The molecule has 0 aliphatic rings. The molecule has 4 N–H and O–H groups in total. The van der Waals surface area contributed by atoms with E-state index in [1.54, 1.807) is 17.0 Å². The summed E-state index contributed by atoms with van der Waals surface area (Å²) in [5, 5.41) is 8.93. The second-order valence-electron chi connectivity index (χ2n) is 3.84. The zero-order valence-electron chi connectivity index (χ0n) is 10.8. The number of nitrogens with two attached hydrogens (primary N) is 1. The Balaban J connectivity index is 3.03. The third kappa shape index (κ3) is 3.41. The maximum absolute atomic E-state index is 12.2. The minimum atomic E-state index is -0.125. The molecule has 0 aliphatic heterocycles. The lowest BCUT2D eigenvalue weighted by Gasteiger charge is -2.20. The van der Waals surface area contributed by atoms with Gasteiger partial charge < -0.3 is 15.4 Å². The van der Waals surface area contributed by atoms with E-state index in [0.29, 0.717) is 24.5 Å². The monoisotopic (exact) mass is 252 g/mol. The number of nitrogen functional groups attached to an aromatic ring is 1. The molecule has 0 saturated carbocycles. The number of rotatable bonds is 6. The highest BCUT2D eigenvalue weighted by atomic mass is 16.3. The number of hydrogen-bond acceptors (Lipinski definition) is 5. The van der Waals surface area contributed by atoms with E-state index < -0.39 is 0 Å². The first-order valence-corrected chi connectivity index (χ1v) is 6.03. The fourth-order valence-corrected chi connectivity index (χ4v) is 1.67. The van der Waals surface area contributed by atoms with E-state index in [-0.39, 0.29) is 12.5 Å². The molecule has 1 rings (SSSR count). The Bertz CT molecular complexity index is 387. The van der Waals surface area contributed by atoms with Gasteiger partial charge in [0.15, 0.2) is 0 Å². The van der Waals surface area contributed by atoms with Crippen LogP contribution in [0.5, 0.6) is 0 Å². The Kier molecular flexibility index (Phi) is 5.54. The van der Waals surface area contributed by atoms with Crippen molar-refractivity contribution in [3.63, 3.8) is 0 Å². The van der Waals surface area contributed by atoms with Gasteiger partial charge in [0.2, 0.25) is 0 Å². The molecule has 0 aromatic carbocycles. The van der Waals surface area contributed by atoms with E-state index in [9.17, 15) is 4.79 Å². The van der Waals surface area contributed by atoms with Gasteiger partial charge in [0.25, 0.3) is 5.91 Å². The Morgan fingerprint density at radius 2 is 2.22 bits per heavy atom. The SMILES string of the molecule is CCc1cc(C(=O)N(CC)CCO)cc(NN)n1. The minimum absolute atomic E-state index is 0.0483. The highest BCUT2D eigenvalue weighted by Crippen LogP contribution is 2.12. The summed E-state index contributed by atoms with van der Waals surface area (Å²) < 4.78 is 0. The number of carbonyl (C=O) groups is 1. The van der Waals surface area contributed by atoms with Gasteiger partial charge in [-0.3, -0.25) is 4.79 Å². The average molecular weight is 252 g/mol. The summed E-state index contributed by atoms with van der Waals surface area (Å²) in [6, 6.07) is 3.37. The molecule has 0 unspecified atom stereocenters. The zero-order valence-corrected chi connectivity index (χ0v) is 10.8. The number of likely N-dealkylation sites (N-methyl/N-ethyl adjacent to an activating group) is 1. The summed E-state index contributed by atoms with van der Waals surface area (Å²) in [6.45, 7) is 4.66. The van der Waals surface area contributed by atoms with Gasteiger partial charge in [-0.1, -0.05) is 6.92 Å². The number of carbonyl (C=O) groups excluding carboxylic acids is 1. The Morgan fingerprint density at radius 1 is 1.50 bits per heavy atom. The van der Waals surface area contributed by atoms with Gasteiger partial charge >= 0.3 is 0 Å². The molecule has 1 amide bonds. The molecule has 18 heavy (non-hydrogen) atoms. The van der Waals surface area contributed by atoms with E-state index >= 15 is 0 Å². The van der Waals surface area contributed by atoms with Crippen molar-refractivity contribution in [1.29, 1.82) is 0 Å². The standard InChI is InChI=1S/C12H20N4O2/c1-3-10-7-9(8-11(14-10)15-13)12(18)16(4-2)5-6-17/h7-8,17H,3-6,13H2,1-2H3,(H,14,15). The third-order valence-electron chi connectivity index (χ3n) is 2.67. The van der Waals surface area contributed by atoms with Gasteiger partial charge in [0, 0.05) is 24.3 Å². The number of amides is 1. The van der Waals surface area contributed by atoms with Crippen LogP contribution in [0.1, 0.15) is 29.9 Å². The van der Waals surface area contributed by atoms with Crippen LogP contribution >= 0.6 is 0 Å². The Hall–Kier alpha value is -1.66. The van der Waals surface area contributed by atoms with Crippen LogP contribution in [0.25, 0.3) is 0 Å². The Morgan fingerprint density at radius 3 is 2.72 bits per heavy atom. The summed E-state index contributed by atoms with van der Waals surface area (Å²) in [6.07, 6.45) is 0.724. The van der Waals surface area contributed by atoms with Crippen molar-refractivity contribution in [3.8, 4) is 0 Å². The molecule has 0 fully saturated rings. The molecule has 0 atom stereocenters. The van der Waals surface area contributed by atoms with Gasteiger partial charge in [0.05, 0.1) is 6.61 Å². The third-order valence-corrected chi connectivity index (χ3v) is 2.67. The van der Waals surface area contributed by atoms with Gasteiger partial charge in [-0.25, -0.2) is 10.8 Å². The quantitative estimate of drug-likeness (QED) is 0.503. The number of anilines is 1. The second-order valence-corrected chi connectivity index (χ2v) is 3.84. The highest BCUT2D eigenvalue weighted by Gasteiger charge is 2.15. The van der Waals surface area contributed by atoms with Crippen molar-refractivity contribution in [3.05, 3.63) is 23.4 Å². The van der Waals surface area contributed by atoms with E-state index in [1.807, 2.05) is 13.8 Å². The molecule has 1 aromatic rings. The first-order valence-electron chi connectivity index (χ1n) is 6.03. The second kappa shape index (κ2) is 6.93. The average Bonchev–Trinajstić information content (AvgIpc) is 2.43. The van der Waals surface area contributed by atoms with E-state index in [4.69, 9.17) is 10.9 Å². The number of hydrogen-bond donors (Lipinski definition) is 3. The van der Waals surface area contributed by atoms with Gasteiger partial charge in [-0.2, -0.15) is 0 Å².